The number of ether oxygens (including phenoxy) is 1. The molecule has 2 rings (SSSR count). The van der Waals surface area contributed by atoms with Crippen molar-refractivity contribution in [2.24, 2.45) is 0 Å². The zero-order valence-electron chi connectivity index (χ0n) is 15.9. The minimum atomic E-state index is -5.71. The molecule has 0 amide bonds. The molecule has 6 atom stereocenters. The van der Waals surface area contributed by atoms with Gasteiger partial charge in [0.15, 0.2) is 6.23 Å². The Kier molecular flexibility index (Phi) is 12.5. The van der Waals surface area contributed by atoms with Gasteiger partial charge in [0.05, 0.1) is 6.61 Å². The fraction of sp³-hybridized carbons (Fsp3) is 0.556. The summed E-state index contributed by atoms with van der Waals surface area (Å²) < 4.78 is 50.8. The van der Waals surface area contributed by atoms with Gasteiger partial charge in [0.1, 0.15) is 24.1 Å². The number of aliphatic hydroxyl groups is 2. The molecule has 31 heavy (non-hydrogen) atoms. The third kappa shape index (κ3) is 9.62. The number of nitrogen functional groups attached to an aromatic ring is 1. The van der Waals surface area contributed by atoms with E-state index in [2.05, 4.69) is 18.1 Å². The van der Waals surface area contributed by atoms with Gasteiger partial charge >= 0.3 is 88.3 Å². The first-order valence-corrected chi connectivity index (χ1v) is 11.8. The Morgan fingerprint density at radius 1 is 1.06 bits per heavy atom. The van der Waals surface area contributed by atoms with Crippen molar-refractivity contribution < 1.29 is 120 Å². The van der Waals surface area contributed by atoms with E-state index >= 15 is 0 Å². The fourth-order valence-electron chi connectivity index (χ4n) is 2.19. The van der Waals surface area contributed by atoms with Gasteiger partial charge in [-0.2, -0.15) is 13.6 Å². The molecule has 1 aromatic rings. The average Bonchev–Trinajstić information content (AvgIpc) is 2.78. The van der Waals surface area contributed by atoms with Crippen LogP contribution in [0.3, 0.4) is 0 Å². The van der Waals surface area contributed by atoms with Gasteiger partial charge in [-0.1, -0.05) is 0 Å². The predicted molar refractivity (Wildman–Crippen MR) is 88.6 cm³/mol. The van der Waals surface area contributed by atoms with Crippen molar-refractivity contribution in [3.8, 4) is 0 Å². The molecule has 1 aliphatic heterocycles. The van der Waals surface area contributed by atoms with Crippen LogP contribution < -0.4 is 70.5 Å². The number of nitrogens with two attached hydrogens (primary N) is 1. The number of rotatable bonds is 8. The van der Waals surface area contributed by atoms with Crippen molar-refractivity contribution in [2.45, 2.75) is 24.5 Å². The quantitative estimate of drug-likeness (QED) is 0.122. The van der Waals surface area contributed by atoms with Crippen molar-refractivity contribution in [3.63, 3.8) is 0 Å². The molecule has 1 aromatic heterocycles. The van der Waals surface area contributed by atoms with Crippen molar-refractivity contribution in [1.82, 2.24) is 9.55 Å². The molecular weight excluding hydrogens is 513 g/mol. The Hall–Kier alpha value is 0.970. The van der Waals surface area contributed by atoms with E-state index in [-0.39, 0.29) is 64.9 Å². The second-order valence-electron chi connectivity index (χ2n) is 5.48. The molecule has 1 aliphatic rings. The van der Waals surface area contributed by atoms with Crippen molar-refractivity contribution >= 4 is 29.3 Å². The van der Waals surface area contributed by atoms with Gasteiger partial charge < -0.3 is 40.3 Å². The summed E-state index contributed by atoms with van der Waals surface area (Å²) in [6, 6.07) is 1.20. The number of hydrogen-bond acceptors (Lipinski definition) is 12. The molecule has 0 aromatic carbocycles. The number of anilines is 1. The van der Waals surface area contributed by atoms with Crippen LogP contribution in [0.5, 0.6) is 0 Å². The van der Waals surface area contributed by atoms with E-state index in [1.54, 1.807) is 0 Å². The Labute approximate surface area is 217 Å². The molecule has 22 heteroatoms. The maximum absolute atomic E-state index is 11.8. The molecule has 2 unspecified atom stereocenters. The van der Waals surface area contributed by atoms with Crippen molar-refractivity contribution in [3.05, 3.63) is 22.7 Å². The van der Waals surface area contributed by atoms with Crippen molar-refractivity contribution in [1.29, 1.82) is 0 Å². The van der Waals surface area contributed by atoms with Crippen LogP contribution in [0.15, 0.2) is 17.1 Å². The fourth-order valence-corrected chi connectivity index (χ4v) is 5.22. The summed E-state index contributed by atoms with van der Waals surface area (Å²) in [6.07, 6.45) is -5.38. The number of phosphoric acid groups is 3. The maximum atomic E-state index is 11.8. The molecule has 1 saturated heterocycles. The number of aromatic nitrogens is 2. The molecule has 8 N–H and O–H groups in total. The molecule has 0 spiro atoms. The minimum Gasteiger partial charge on any atom is -0.387 e. The summed E-state index contributed by atoms with van der Waals surface area (Å²) in [5, 5.41) is 20.0. The zero-order chi connectivity index (χ0) is 22.2. The summed E-state index contributed by atoms with van der Waals surface area (Å²) in [7, 11) is -16.7. The number of aliphatic hydroxyl groups excluding tert-OH is 2. The van der Waals surface area contributed by atoms with E-state index in [0.717, 1.165) is 10.8 Å². The number of phosphoric ester groups is 1. The van der Waals surface area contributed by atoms with Gasteiger partial charge in [-0.05, 0) is 6.07 Å². The van der Waals surface area contributed by atoms with Crippen LogP contribution in [0.1, 0.15) is 6.23 Å². The average molecular weight is 529 g/mol. The van der Waals surface area contributed by atoms with Gasteiger partial charge in [-0.3, -0.25) is 9.09 Å². The van der Waals surface area contributed by atoms with E-state index in [4.69, 9.17) is 25.2 Å². The van der Waals surface area contributed by atoms with Gasteiger partial charge in [-0.25, -0.2) is 18.5 Å². The van der Waals surface area contributed by atoms with E-state index < -0.39 is 60.3 Å². The second-order valence-corrected chi connectivity index (χ2v) is 9.90. The van der Waals surface area contributed by atoms with Crippen LogP contribution in [0.4, 0.5) is 5.82 Å². The summed E-state index contributed by atoms with van der Waals surface area (Å²) in [5.41, 5.74) is 4.39. The smallest absolute Gasteiger partial charge is 0.387 e. The summed E-state index contributed by atoms with van der Waals surface area (Å²) in [4.78, 5) is 50.5. The molecular formula is C9H16N3Na2O14P3+2. The molecule has 1 fully saturated rings. The normalized spacial score (nSPS) is 27.4. The summed E-state index contributed by atoms with van der Waals surface area (Å²) in [6.45, 7) is -1.02. The van der Waals surface area contributed by atoms with Gasteiger partial charge in [-0.15, -0.1) is 0 Å². The first-order chi connectivity index (χ1) is 13.1. The molecule has 166 valence electrons. The second kappa shape index (κ2) is 12.1. The standard InChI is InChI=1S/C9H16N3O14P3.2Na/c10-5-1-2-12(9(15)11-5)8-7(14)6(13)4(24-8)3-23-28(19,20)26-29(21,22)25-27(16,17)18;;/h1-2,4,6-8,13-14H,3H2,(H,19,20)(H,21,22)(H2,10,11,15)(H2,16,17,18);;/q;2*+1/t4-,6-,7-,8-;;/m1../s1. The van der Waals surface area contributed by atoms with Gasteiger partial charge in [0, 0.05) is 6.20 Å². The number of nitrogens with zero attached hydrogens (tertiary/aromatic N) is 2. The van der Waals surface area contributed by atoms with Crippen LogP contribution in [0.25, 0.3) is 0 Å². The Bertz CT molecular complexity index is 956. The SMILES string of the molecule is Nc1ccn([C@@H]2O[C@H](COP(=O)(O)OP(=O)(O)OP(=O)(O)O)[C@@H](O)[C@H]2O)c(=O)n1.[Na+].[Na+]. The van der Waals surface area contributed by atoms with E-state index in [0.29, 0.717) is 0 Å². The minimum absolute atomic E-state index is 0. The molecule has 0 bridgehead atoms. The molecule has 0 aliphatic carbocycles. The Morgan fingerprint density at radius 2 is 1.65 bits per heavy atom. The molecule has 17 nitrogen and oxygen atoms in total. The molecule has 0 radical (unpaired) electrons. The third-order valence-electron chi connectivity index (χ3n) is 3.28. The largest absolute Gasteiger partial charge is 1.00 e. The summed E-state index contributed by atoms with van der Waals surface area (Å²) in [5.74, 6) is -0.122. The van der Waals surface area contributed by atoms with E-state index in [1.807, 2.05) is 0 Å². The Balaban J connectivity index is 0.00000450. The van der Waals surface area contributed by atoms with Crippen molar-refractivity contribution in [2.75, 3.05) is 12.3 Å². The van der Waals surface area contributed by atoms with Crippen LogP contribution in [0.2, 0.25) is 0 Å². The van der Waals surface area contributed by atoms with Gasteiger partial charge in [0.25, 0.3) is 0 Å². The van der Waals surface area contributed by atoms with Crippen LogP contribution in [-0.2, 0) is 31.6 Å². The third-order valence-corrected chi connectivity index (χ3v) is 7.08. The first-order valence-electron chi connectivity index (χ1n) is 7.25. The number of hydrogen-bond donors (Lipinski definition) is 7. The molecule has 0 saturated carbocycles. The van der Waals surface area contributed by atoms with E-state index in [1.165, 1.54) is 6.07 Å². The Morgan fingerprint density at radius 3 is 2.16 bits per heavy atom. The summed E-state index contributed by atoms with van der Waals surface area (Å²) >= 11 is 0. The molecule has 2 heterocycles. The predicted octanol–water partition coefficient (Wildman–Crippen LogP) is -8.20. The van der Waals surface area contributed by atoms with Crippen LogP contribution in [-0.4, -0.2) is 64.3 Å². The van der Waals surface area contributed by atoms with Crippen LogP contribution >= 0.6 is 23.5 Å². The van der Waals surface area contributed by atoms with Crippen LogP contribution in [0, 0.1) is 0 Å². The monoisotopic (exact) mass is 529 g/mol. The van der Waals surface area contributed by atoms with E-state index in [9.17, 15) is 33.6 Å². The van der Waals surface area contributed by atoms with Gasteiger partial charge in [0.2, 0.25) is 0 Å². The first kappa shape index (κ1) is 32.0. The topological polar surface area (TPSA) is 270 Å². The maximum Gasteiger partial charge on any atom is 1.00 e. The zero-order valence-corrected chi connectivity index (χ0v) is 22.6.